The van der Waals surface area contributed by atoms with Gasteiger partial charge >= 0.3 is 0 Å². The van der Waals surface area contributed by atoms with Crippen LogP contribution in [0.5, 0.6) is 0 Å². The smallest absolute Gasteiger partial charge is 0.244 e. The minimum Gasteiger partial charge on any atom is -0.338 e. The molecular formula is C21H28N4O3S2. The van der Waals surface area contributed by atoms with Crippen molar-refractivity contribution in [1.29, 1.82) is 0 Å². The number of sulfone groups is 1. The summed E-state index contributed by atoms with van der Waals surface area (Å²) in [7, 11) is -3.00. The number of piperazine rings is 1. The number of aromatic nitrogens is 1. The Morgan fingerprint density at radius 2 is 1.73 bits per heavy atom. The number of thiazole rings is 1. The van der Waals surface area contributed by atoms with Gasteiger partial charge in [-0.25, -0.2) is 13.4 Å². The predicted molar refractivity (Wildman–Crippen MR) is 118 cm³/mol. The molecule has 1 amide bonds. The molecule has 1 atom stereocenters. The third-order valence-corrected chi connectivity index (χ3v) is 8.26. The number of carbonyl (C=O) groups excluding carboxylic acids is 1. The van der Waals surface area contributed by atoms with Crippen molar-refractivity contribution >= 4 is 27.1 Å². The van der Waals surface area contributed by atoms with Crippen LogP contribution in [-0.4, -0.2) is 84.8 Å². The van der Waals surface area contributed by atoms with Gasteiger partial charge in [0.05, 0.1) is 22.2 Å². The second kappa shape index (κ2) is 9.13. The summed E-state index contributed by atoms with van der Waals surface area (Å²) in [5.41, 5.74) is 2.02. The molecule has 0 bridgehead atoms. The third kappa shape index (κ3) is 5.08. The summed E-state index contributed by atoms with van der Waals surface area (Å²) < 4.78 is 23.8. The molecule has 0 aliphatic carbocycles. The zero-order valence-corrected chi connectivity index (χ0v) is 18.9. The van der Waals surface area contributed by atoms with E-state index >= 15 is 0 Å². The van der Waals surface area contributed by atoms with Crippen LogP contribution in [0.15, 0.2) is 35.7 Å². The topological polar surface area (TPSA) is 73.8 Å². The molecule has 0 N–H and O–H groups in total. The van der Waals surface area contributed by atoms with Gasteiger partial charge in [0, 0.05) is 51.2 Å². The number of carbonyl (C=O) groups is 1. The normalized spacial score (nSPS) is 21.4. The Bertz CT molecular complexity index is 955. The summed E-state index contributed by atoms with van der Waals surface area (Å²) in [5.74, 6) is 0.305. The Balaban J connectivity index is 1.43. The van der Waals surface area contributed by atoms with Crippen molar-refractivity contribution in [3.8, 4) is 0 Å². The maximum atomic E-state index is 13.5. The summed E-state index contributed by atoms with van der Waals surface area (Å²) >= 11 is 1.66. The Kier molecular flexibility index (Phi) is 6.52. The fourth-order valence-electron chi connectivity index (χ4n) is 4.14. The van der Waals surface area contributed by atoms with Crippen molar-refractivity contribution in [1.82, 2.24) is 19.7 Å². The van der Waals surface area contributed by atoms with Crippen LogP contribution >= 0.6 is 11.3 Å². The maximum Gasteiger partial charge on any atom is 0.244 e. The van der Waals surface area contributed by atoms with E-state index in [9.17, 15) is 13.2 Å². The number of nitrogens with zero attached hydrogens (tertiary/aromatic N) is 4. The van der Waals surface area contributed by atoms with Crippen LogP contribution in [0.2, 0.25) is 0 Å². The summed E-state index contributed by atoms with van der Waals surface area (Å²) in [4.78, 5) is 24.4. The lowest BCUT2D eigenvalue weighted by Crippen LogP contribution is -2.53. The molecule has 1 aromatic heterocycles. The van der Waals surface area contributed by atoms with Crippen molar-refractivity contribution in [2.75, 3.05) is 50.8 Å². The van der Waals surface area contributed by atoms with E-state index in [0.29, 0.717) is 26.2 Å². The monoisotopic (exact) mass is 448 g/mol. The SMILES string of the molecule is Cc1nc(CN2CCN(C(=O)C(c3ccccc3)N3CCS(=O)(=O)CC3)CC2)cs1. The summed E-state index contributed by atoms with van der Waals surface area (Å²) in [6.07, 6.45) is 0. The number of aryl methyl sites for hydroxylation is 1. The molecule has 2 saturated heterocycles. The van der Waals surface area contributed by atoms with Gasteiger partial charge in [-0.15, -0.1) is 11.3 Å². The van der Waals surface area contributed by atoms with Gasteiger partial charge in [0.25, 0.3) is 0 Å². The Morgan fingerprint density at radius 1 is 1.07 bits per heavy atom. The molecule has 9 heteroatoms. The average molecular weight is 449 g/mol. The van der Waals surface area contributed by atoms with E-state index in [1.807, 2.05) is 47.1 Å². The van der Waals surface area contributed by atoms with Crippen molar-refractivity contribution < 1.29 is 13.2 Å². The van der Waals surface area contributed by atoms with Gasteiger partial charge in [0.1, 0.15) is 6.04 Å². The molecule has 3 heterocycles. The molecule has 0 spiro atoms. The summed E-state index contributed by atoms with van der Waals surface area (Å²) in [6, 6.07) is 9.31. The van der Waals surface area contributed by atoms with Crippen LogP contribution in [0.4, 0.5) is 0 Å². The number of hydrogen-bond acceptors (Lipinski definition) is 7. The summed E-state index contributed by atoms with van der Waals surface area (Å²) in [6.45, 7) is 6.62. The second-order valence-electron chi connectivity index (χ2n) is 7.96. The van der Waals surface area contributed by atoms with E-state index in [0.717, 1.165) is 35.9 Å². The highest BCUT2D eigenvalue weighted by Crippen LogP contribution is 2.26. The largest absolute Gasteiger partial charge is 0.338 e. The van der Waals surface area contributed by atoms with Gasteiger partial charge in [-0.2, -0.15) is 0 Å². The molecule has 4 rings (SSSR count). The first-order valence-corrected chi connectivity index (χ1v) is 13.0. The van der Waals surface area contributed by atoms with Crippen molar-refractivity contribution in [2.24, 2.45) is 0 Å². The van der Waals surface area contributed by atoms with Gasteiger partial charge in [-0.05, 0) is 12.5 Å². The molecule has 1 aromatic carbocycles. The molecule has 1 unspecified atom stereocenters. The van der Waals surface area contributed by atoms with E-state index in [1.54, 1.807) is 11.3 Å². The van der Waals surface area contributed by atoms with E-state index in [2.05, 4.69) is 15.3 Å². The van der Waals surface area contributed by atoms with E-state index in [4.69, 9.17) is 0 Å². The lowest BCUT2D eigenvalue weighted by atomic mass is 10.0. The molecule has 2 fully saturated rings. The van der Waals surface area contributed by atoms with Gasteiger partial charge in [0.2, 0.25) is 5.91 Å². The quantitative estimate of drug-likeness (QED) is 0.691. The molecule has 7 nitrogen and oxygen atoms in total. The molecule has 0 radical (unpaired) electrons. The van der Waals surface area contributed by atoms with Gasteiger partial charge in [-0.1, -0.05) is 30.3 Å². The molecule has 2 aliphatic rings. The number of benzene rings is 1. The number of amides is 1. The van der Waals surface area contributed by atoms with Crippen LogP contribution < -0.4 is 0 Å². The lowest BCUT2D eigenvalue weighted by molar-refractivity contribution is -0.139. The lowest BCUT2D eigenvalue weighted by Gasteiger charge is -2.40. The Morgan fingerprint density at radius 3 is 2.33 bits per heavy atom. The van der Waals surface area contributed by atoms with Crippen LogP contribution in [0.25, 0.3) is 0 Å². The average Bonchev–Trinajstić information content (AvgIpc) is 3.15. The first-order chi connectivity index (χ1) is 14.4. The summed E-state index contributed by atoms with van der Waals surface area (Å²) in [5, 5.41) is 3.18. The minimum atomic E-state index is -3.00. The highest BCUT2D eigenvalue weighted by molar-refractivity contribution is 7.91. The van der Waals surface area contributed by atoms with Crippen LogP contribution in [0.3, 0.4) is 0 Å². The first-order valence-electron chi connectivity index (χ1n) is 10.3. The number of hydrogen-bond donors (Lipinski definition) is 0. The Labute approximate surface area is 182 Å². The zero-order valence-electron chi connectivity index (χ0n) is 17.2. The highest BCUT2D eigenvalue weighted by atomic mass is 32.2. The molecule has 2 aromatic rings. The van der Waals surface area contributed by atoms with E-state index in [1.165, 1.54) is 0 Å². The molecular weight excluding hydrogens is 420 g/mol. The first kappa shape index (κ1) is 21.4. The van der Waals surface area contributed by atoms with Gasteiger partial charge < -0.3 is 4.90 Å². The molecule has 0 saturated carbocycles. The Hall–Kier alpha value is -1.81. The van der Waals surface area contributed by atoms with E-state index in [-0.39, 0.29) is 17.4 Å². The highest BCUT2D eigenvalue weighted by Gasteiger charge is 2.35. The predicted octanol–water partition coefficient (Wildman–Crippen LogP) is 1.57. The maximum absolute atomic E-state index is 13.5. The molecule has 162 valence electrons. The van der Waals surface area contributed by atoms with Gasteiger partial charge in [-0.3, -0.25) is 14.6 Å². The van der Waals surface area contributed by atoms with Crippen molar-refractivity contribution in [3.63, 3.8) is 0 Å². The van der Waals surface area contributed by atoms with Crippen LogP contribution in [0.1, 0.15) is 22.3 Å². The van der Waals surface area contributed by atoms with Crippen molar-refractivity contribution in [2.45, 2.75) is 19.5 Å². The van der Waals surface area contributed by atoms with Crippen molar-refractivity contribution in [3.05, 3.63) is 52.0 Å². The fraction of sp³-hybridized carbons (Fsp3) is 0.524. The van der Waals surface area contributed by atoms with E-state index < -0.39 is 15.9 Å². The van der Waals surface area contributed by atoms with Crippen LogP contribution in [-0.2, 0) is 21.2 Å². The fourth-order valence-corrected chi connectivity index (χ4v) is 5.97. The zero-order chi connectivity index (χ0) is 21.1. The second-order valence-corrected chi connectivity index (χ2v) is 11.3. The third-order valence-electron chi connectivity index (χ3n) is 5.83. The number of rotatable bonds is 5. The van der Waals surface area contributed by atoms with Crippen LogP contribution in [0, 0.1) is 6.92 Å². The molecule has 2 aliphatic heterocycles. The van der Waals surface area contributed by atoms with Gasteiger partial charge in [0.15, 0.2) is 9.84 Å². The standard InChI is InChI=1S/C21H28N4O3S2/c1-17-22-19(16-29-17)15-23-7-9-25(10-8-23)21(26)20(18-5-3-2-4-6-18)24-11-13-30(27,28)14-12-24/h2-6,16,20H,7-15H2,1H3. The minimum absolute atomic E-state index is 0.0738. The molecule has 30 heavy (non-hydrogen) atoms.